The Kier molecular flexibility index (Phi) is 5.27. The molecule has 0 aliphatic heterocycles. The highest BCUT2D eigenvalue weighted by Crippen LogP contribution is 2.23. The molecule has 0 heterocycles. The van der Waals surface area contributed by atoms with Gasteiger partial charge in [-0.1, -0.05) is 47.5 Å². The first-order chi connectivity index (χ1) is 9.89. The third-order valence-corrected chi connectivity index (χ3v) is 5.10. The smallest absolute Gasteiger partial charge is 0.158 e. The number of rotatable bonds is 5. The minimum Gasteiger partial charge on any atom is -0.392 e. The summed E-state index contributed by atoms with van der Waals surface area (Å²) in [6.45, 7) is -0.0643. The van der Waals surface area contributed by atoms with E-state index >= 15 is 0 Å². The molecule has 21 heavy (non-hydrogen) atoms. The van der Waals surface area contributed by atoms with Gasteiger partial charge in [-0.15, -0.1) is 0 Å². The zero-order valence-corrected chi connectivity index (χ0v) is 13.4. The van der Waals surface area contributed by atoms with E-state index in [0.717, 1.165) is 5.56 Å². The maximum Gasteiger partial charge on any atom is 0.158 e. The van der Waals surface area contributed by atoms with Crippen molar-refractivity contribution in [3.8, 4) is 0 Å². The Hall–Kier alpha value is -1.07. The first kappa shape index (κ1) is 16.3. The van der Waals surface area contributed by atoms with Crippen molar-refractivity contribution in [2.75, 3.05) is 0 Å². The summed E-state index contributed by atoms with van der Waals surface area (Å²) in [5, 5.41) is 9.81. The molecule has 0 fully saturated rings. The van der Waals surface area contributed by atoms with E-state index in [4.69, 9.17) is 28.3 Å². The van der Waals surface area contributed by atoms with Crippen LogP contribution in [0.5, 0.6) is 0 Å². The summed E-state index contributed by atoms with van der Waals surface area (Å²) in [6, 6.07) is 11.6. The minimum absolute atomic E-state index is 0.0643. The fraction of sp³-hybridized carbons (Fsp3) is 0.200. The van der Waals surface area contributed by atoms with Gasteiger partial charge in [0.25, 0.3) is 0 Å². The predicted octanol–water partition coefficient (Wildman–Crippen LogP) is 3.60. The molecule has 6 heteroatoms. The largest absolute Gasteiger partial charge is 0.392 e. The van der Waals surface area contributed by atoms with Crippen molar-refractivity contribution in [2.24, 2.45) is 0 Å². The lowest BCUT2D eigenvalue weighted by atomic mass is 10.2. The van der Waals surface area contributed by atoms with Crippen LogP contribution in [-0.2, 0) is 27.9 Å². The molecule has 0 aliphatic carbocycles. The van der Waals surface area contributed by atoms with E-state index in [-0.39, 0.29) is 18.1 Å². The van der Waals surface area contributed by atoms with Crippen molar-refractivity contribution in [3.05, 3.63) is 69.2 Å². The Balaban J connectivity index is 2.16. The maximum absolute atomic E-state index is 12.2. The first-order valence-electron chi connectivity index (χ1n) is 6.22. The molecule has 0 saturated carbocycles. The normalized spacial score (nSPS) is 11.6. The van der Waals surface area contributed by atoms with Crippen LogP contribution in [-0.4, -0.2) is 13.5 Å². The number of benzene rings is 2. The lowest BCUT2D eigenvalue weighted by Crippen LogP contribution is -2.08. The molecule has 0 spiro atoms. The van der Waals surface area contributed by atoms with Gasteiger partial charge in [-0.25, -0.2) is 8.42 Å². The molecule has 0 aromatic heterocycles. The van der Waals surface area contributed by atoms with Crippen LogP contribution < -0.4 is 0 Å². The molecule has 1 N–H and O–H groups in total. The van der Waals surface area contributed by atoms with Crippen LogP contribution in [0.25, 0.3) is 0 Å². The number of aliphatic hydroxyl groups excluding tert-OH is 1. The van der Waals surface area contributed by atoms with Crippen LogP contribution in [0.4, 0.5) is 0 Å². The topological polar surface area (TPSA) is 54.4 Å². The zero-order valence-electron chi connectivity index (χ0n) is 11.1. The van der Waals surface area contributed by atoms with E-state index in [0.29, 0.717) is 21.2 Å². The van der Waals surface area contributed by atoms with E-state index in [1.54, 1.807) is 42.5 Å². The van der Waals surface area contributed by atoms with E-state index in [1.807, 2.05) is 0 Å². The Bertz CT molecular complexity index is 725. The summed E-state index contributed by atoms with van der Waals surface area (Å²) in [5.74, 6) is -0.240. The highest BCUT2D eigenvalue weighted by atomic mass is 35.5. The molecule has 0 atom stereocenters. The summed E-state index contributed by atoms with van der Waals surface area (Å²) in [5.41, 5.74) is 1.91. The number of halogens is 2. The van der Waals surface area contributed by atoms with Crippen molar-refractivity contribution >= 4 is 33.0 Å². The summed E-state index contributed by atoms with van der Waals surface area (Å²) in [6.07, 6.45) is 0. The fourth-order valence-electron chi connectivity index (χ4n) is 1.94. The molecule has 2 aromatic carbocycles. The fourth-order valence-corrected chi connectivity index (χ4v) is 3.91. The first-order valence-corrected chi connectivity index (χ1v) is 8.80. The number of aliphatic hydroxyl groups is 1. The molecule has 0 amide bonds. The van der Waals surface area contributed by atoms with Crippen molar-refractivity contribution in [2.45, 2.75) is 18.1 Å². The maximum atomic E-state index is 12.2. The van der Waals surface area contributed by atoms with Gasteiger partial charge < -0.3 is 5.11 Å². The van der Waals surface area contributed by atoms with E-state index in [2.05, 4.69) is 0 Å². The average molecular weight is 345 g/mol. The molecule has 0 radical (unpaired) electrons. The van der Waals surface area contributed by atoms with Gasteiger partial charge in [0.1, 0.15) is 0 Å². The van der Waals surface area contributed by atoms with Crippen LogP contribution in [0.1, 0.15) is 16.7 Å². The van der Waals surface area contributed by atoms with Gasteiger partial charge in [0.05, 0.1) is 18.1 Å². The standard InChI is InChI=1S/C15H14Cl2O3S/c16-14-5-6-15(17)13(7-14)10-21(19,20)9-12-3-1-11(8-18)2-4-12/h1-7,18H,8-10H2. The van der Waals surface area contributed by atoms with Gasteiger partial charge in [-0.3, -0.25) is 0 Å². The van der Waals surface area contributed by atoms with E-state index in [9.17, 15) is 8.42 Å². The second-order valence-electron chi connectivity index (χ2n) is 4.74. The quantitative estimate of drug-likeness (QED) is 0.901. The van der Waals surface area contributed by atoms with Gasteiger partial charge >= 0.3 is 0 Å². The SMILES string of the molecule is O=S(=O)(Cc1ccc(CO)cc1)Cc1cc(Cl)ccc1Cl. The second-order valence-corrected chi connectivity index (χ2v) is 7.65. The third kappa shape index (κ3) is 4.71. The van der Waals surface area contributed by atoms with Gasteiger partial charge in [0.15, 0.2) is 9.84 Å². The highest BCUT2D eigenvalue weighted by Gasteiger charge is 2.15. The molecule has 0 saturated heterocycles. The Labute approximate surface area is 134 Å². The van der Waals surface area contributed by atoms with Crippen LogP contribution in [0.3, 0.4) is 0 Å². The van der Waals surface area contributed by atoms with Crippen molar-refractivity contribution in [3.63, 3.8) is 0 Å². The van der Waals surface area contributed by atoms with Crippen LogP contribution >= 0.6 is 23.2 Å². The van der Waals surface area contributed by atoms with Gasteiger partial charge in [0.2, 0.25) is 0 Å². The molecule has 112 valence electrons. The van der Waals surface area contributed by atoms with Crippen LogP contribution in [0, 0.1) is 0 Å². The van der Waals surface area contributed by atoms with Gasteiger partial charge in [0, 0.05) is 10.0 Å². The molecule has 0 unspecified atom stereocenters. The van der Waals surface area contributed by atoms with Crippen molar-refractivity contribution < 1.29 is 13.5 Å². The average Bonchev–Trinajstić information content (AvgIpc) is 2.43. The number of hydrogen-bond donors (Lipinski definition) is 1. The lowest BCUT2D eigenvalue weighted by Gasteiger charge is -2.07. The summed E-state index contributed by atoms with van der Waals surface area (Å²) in [7, 11) is -3.35. The Morgan fingerprint density at radius 2 is 1.52 bits per heavy atom. The summed E-state index contributed by atoms with van der Waals surface area (Å²) in [4.78, 5) is 0. The van der Waals surface area contributed by atoms with E-state index < -0.39 is 9.84 Å². The zero-order chi connectivity index (χ0) is 15.5. The monoisotopic (exact) mass is 344 g/mol. The molecule has 0 bridgehead atoms. The predicted molar refractivity (Wildman–Crippen MR) is 85.2 cm³/mol. The molecular formula is C15H14Cl2O3S. The van der Waals surface area contributed by atoms with Crippen LogP contribution in [0.15, 0.2) is 42.5 Å². The number of hydrogen-bond acceptors (Lipinski definition) is 3. The Morgan fingerprint density at radius 1 is 0.905 bits per heavy atom. The molecular weight excluding hydrogens is 331 g/mol. The molecule has 0 aliphatic rings. The minimum atomic E-state index is -3.35. The molecule has 2 aromatic rings. The highest BCUT2D eigenvalue weighted by molar-refractivity contribution is 7.89. The van der Waals surface area contributed by atoms with Gasteiger partial charge in [-0.2, -0.15) is 0 Å². The Morgan fingerprint density at radius 3 is 2.14 bits per heavy atom. The van der Waals surface area contributed by atoms with E-state index in [1.165, 1.54) is 0 Å². The summed E-state index contributed by atoms with van der Waals surface area (Å²) >= 11 is 11.9. The summed E-state index contributed by atoms with van der Waals surface area (Å²) < 4.78 is 24.5. The van der Waals surface area contributed by atoms with Crippen molar-refractivity contribution in [1.29, 1.82) is 0 Å². The number of sulfone groups is 1. The second kappa shape index (κ2) is 6.79. The van der Waals surface area contributed by atoms with Gasteiger partial charge in [-0.05, 0) is 34.9 Å². The third-order valence-electron chi connectivity index (χ3n) is 2.98. The molecule has 3 nitrogen and oxygen atoms in total. The lowest BCUT2D eigenvalue weighted by molar-refractivity contribution is 0.282. The van der Waals surface area contributed by atoms with Crippen molar-refractivity contribution in [1.82, 2.24) is 0 Å². The molecule has 2 rings (SSSR count). The van der Waals surface area contributed by atoms with Crippen LogP contribution in [0.2, 0.25) is 10.0 Å².